The Kier molecular flexibility index (Phi) is 3.55. The fourth-order valence-electron chi connectivity index (χ4n) is 1.09. The zero-order valence-electron chi connectivity index (χ0n) is 7.81. The van der Waals surface area contributed by atoms with E-state index in [1.165, 1.54) is 0 Å². The number of halogens is 4. The molecule has 0 radical (unpaired) electrons. The number of nitriles is 1. The minimum Gasteiger partial charge on any atom is -0.293 e. The van der Waals surface area contributed by atoms with E-state index in [0.29, 0.717) is 12.1 Å². The molecule has 0 saturated carbocycles. The van der Waals surface area contributed by atoms with Gasteiger partial charge in [-0.1, -0.05) is 0 Å². The molecule has 0 bridgehead atoms. The molecule has 84 valence electrons. The molecule has 0 aliphatic heterocycles. The highest BCUT2D eigenvalue weighted by atomic mass is 35.5. The Morgan fingerprint density at radius 1 is 1.38 bits per heavy atom. The van der Waals surface area contributed by atoms with E-state index in [1.54, 1.807) is 6.07 Å². The Morgan fingerprint density at radius 2 is 2.00 bits per heavy atom. The van der Waals surface area contributed by atoms with Crippen LogP contribution in [0.25, 0.3) is 0 Å². The quantitative estimate of drug-likeness (QED) is 0.595. The van der Waals surface area contributed by atoms with Gasteiger partial charge >= 0.3 is 6.18 Å². The first kappa shape index (κ1) is 12.5. The highest BCUT2D eigenvalue weighted by molar-refractivity contribution is 6.30. The van der Waals surface area contributed by atoms with Crippen molar-refractivity contribution in [3.8, 4) is 6.07 Å². The Hall–Kier alpha value is -1.54. The molecular weight excluding hydrogens is 243 g/mol. The summed E-state index contributed by atoms with van der Waals surface area (Å²) in [6.45, 7) is 0. The van der Waals surface area contributed by atoms with Gasteiger partial charge in [0.25, 0.3) is 0 Å². The van der Waals surface area contributed by atoms with Gasteiger partial charge in [-0.3, -0.25) is 4.79 Å². The van der Waals surface area contributed by atoms with Crippen molar-refractivity contribution in [1.82, 2.24) is 0 Å². The van der Waals surface area contributed by atoms with E-state index in [1.807, 2.05) is 0 Å². The number of nitrogens with zero attached hydrogens (tertiary/aromatic N) is 1. The fourth-order valence-corrected chi connectivity index (χ4v) is 1.25. The van der Waals surface area contributed by atoms with E-state index in [-0.39, 0.29) is 11.1 Å². The first-order chi connectivity index (χ1) is 7.38. The highest BCUT2D eigenvalue weighted by Gasteiger charge is 2.31. The van der Waals surface area contributed by atoms with Crippen molar-refractivity contribution in [3.63, 3.8) is 0 Å². The molecule has 16 heavy (non-hydrogen) atoms. The zero-order chi connectivity index (χ0) is 12.3. The Labute approximate surface area is 94.2 Å². The molecule has 2 nitrogen and oxygen atoms in total. The van der Waals surface area contributed by atoms with Crippen molar-refractivity contribution in [2.45, 2.75) is 6.18 Å². The lowest BCUT2D eigenvalue weighted by Crippen LogP contribution is -2.09. The number of alkyl halides is 4. The summed E-state index contributed by atoms with van der Waals surface area (Å²) in [6.07, 6.45) is -4.59. The van der Waals surface area contributed by atoms with Crippen molar-refractivity contribution in [2.24, 2.45) is 0 Å². The Bertz CT molecular complexity index is 462. The van der Waals surface area contributed by atoms with Crippen LogP contribution in [0.2, 0.25) is 0 Å². The van der Waals surface area contributed by atoms with Crippen molar-refractivity contribution in [1.29, 1.82) is 5.26 Å². The monoisotopic (exact) mass is 247 g/mol. The van der Waals surface area contributed by atoms with Crippen LogP contribution in [0.15, 0.2) is 18.2 Å². The molecule has 1 aromatic rings. The molecule has 0 amide bonds. The van der Waals surface area contributed by atoms with Gasteiger partial charge in [0.15, 0.2) is 5.78 Å². The van der Waals surface area contributed by atoms with Crippen LogP contribution in [-0.2, 0) is 6.18 Å². The summed E-state index contributed by atoms with van der Waals surface area (Å²) in [4.78, 5) is 11.2. The third-order valence-corrected chi connectivity index (χ3v) is 2.08. The number of carbonyl (C=O) groups is 1. The molecule has 0 atom stereocenters. The van der Waals surface area contributed by atoms with Gasteiger partial charge in [-0.2, -0.15) is 18.4 Å². The number of carbonyl (C=O) groups excluding carboxylic acids is 1. The molecule has 0 aromatic heterocycles. The van der Waals surface area contributed by atoms with E-state index >= 15 is 0 Å². The molecule has 0 spiro atoms. The van der Waals surface area contributed by atoms with Crippen molar-refractivity contribution in [3.05, 3.63) is 34.9 Å². The van der Waals surface area contributed by atoms with Gasteiger partial charge in [-0.25, -0.2) is 0 Å². The lowest BCUT2D eigenvalue weighted by Gasteiger charge is -2.08. The predicted molar refractivity (Wildman–Crippen MR) is 51.2 cm³/mol. The standard InChI is InChI=1S/C10H5ClF3NO/c11-4-9(16)7-1-6(5-15)2-8(3-7)10(12,13)14/h1-3H,4H2. The van der Waals surface area contributed by atoms with E-state index in [4.69, 9.17) is 16.9 Å². The average Bonchev–Trinajstić information content (AvgIpc) is 2.26. The van der Waals surface area contributed by atoms with Crippen molar-refractivity contribution < 1.29 is 18.0 Å². The topological polar surface area (TPSA) is 40.9 Å². The summed E-state index contributed by atoms with van der Waals surface area (Å²) in [6, 6.07) is 4.02. The van der Waals surface area contributed by atoms with Crippen LogP contribution in [-0.4, -0.2) is 11.7 Å². The summed E-state index contributed by atoms with van der Waals surface area (Å²) < 4.78 is 37.2. The number of rotatable bonds is 2. The van der Waals surface area contributed by atoms with Crippen molar-refractivity contribution >= 4 is 17.4 Å². The number of hydrogen-bond acceptors (Lipinski definition) is 2. The van der Waals surface area contributed by atoms with Crippen molar-refractivity contribution in [2.75, 3.05) is 5.88 Å². The molecule has 0 heterocycles. The predicted octanol–water partition coefficient (Wildman–Crippen LogP) is 3.00. The van der Waals surface area contributed by atoms with Gasteiger partial charge in [0, 0.05) is 5.56 Å². The van der Waals surface area contributed by atoms with E-state index in [2.05, 4.69) is 0 Å². The maximum Gasteiger partial charge on any atom is 0.416 e. The van der Waals surface area contributed by atoms with Gasteiger partial charge < -0.3 is 0 Å². The van der Waals surface area contributed by atoms with Gasteiger partial charge in [0.2, 0.25) is 0 Å². The lowest BCUT2D eigenvalue weighted by molar-refractivity contribution is -0.137. The summed E-state index contributed by atoms with van der Waals surface area (Å²) in [5.41, 5.74) is -1.45. The first-order valence-electron chi connectivity index (χ1n) is 4.10. The van der Waals surface area contributed by atoms with Crippen LogP contribution in [0.5, 0.6) is 0 Å². The van der Waals surface area contributed by atoms with Crippen LogP contribution in [0.4, 0.5) is 13.2 Å². The van der Waals surface area contributed by atoms with Gasteiger partial charge in [-0.15, -0.1) is 11.6 Å². The van der Waals surface area contributed by atoms with Gasteiger partial charge in [0.05, 0.1) is 23.1 Å². The van der Waals surface area contributed by atoms with Crippen LogP contribution in [0.1, 0.15) is 21.5 Å². The largest absolute Gasteiger partial charge is 0.416 e. The lowest BCUT2D eigenvalue weighted by atomic mass is 10.0. The van der Waals surface area contributed by atoms with Crippen LogP contribution in [0.3, 0.4) is 0 Å². The molecule has 0 N–H and O–H groups in total. The molecule has 1 rings (SSSR count). The summed E-state index contributed by atoms with van der Waals surface area (Å²) in [7, 11) is 0. The molecular formula is C10H5ClF3NO. The SMILES string of the molecule is N#Cc1cc(C(=O)CCl)cc(C(F)(F)F)c1. The zero-order valence-corrected chi connectivity index (χ0v) is 8.56. The summed E-state index contributed by atoms with van der Waals surface area (Å²) in [5.74, 6) is -1.07. The molecule has 0 aliphatic carbocycles. The first-order valence-corrected chi connectivity index (χ1v) is 4.63. The molecule has 6 heteroatoms. The molecule has 0 aliphatic rings. The number of benzene rings is 1. The van der Waals surface area contributed by atoms with Crippen LogP contribution < -0.4 is 0 Å². The second-order valence-corrected chi connectivity index (χ2v) is 3.23. The summed E-state index contributed by atoms with van der Waals surface area (Å²) in [5, 5.41) is 8.55. The number of ketones is 1. The molecule has 0 saturated heterocycles. The van der Waals surface area contributed by atoms with Gasteiger partial charge in [0.1, 0.15) is 0 Å². The average molecular weight is 248 g/mol. The second kappa shape index (κ2) is 4.54. The minimum atomic E-state index is -4.59. The third-order valence-electron chi connectivity index (χ3n) is 1.83. The van der Waals surface area contributed by atoms with E-state index in [0.717, 1.165) is 6.07 Å². The normalized spacial score (nSPS) is 10.9. The fraction of sp³-hybridized carbons (Fsp3) is 0.200. The summed E-state index contributed by atoms with van der Waals surface area (Å²) >= 11 is 5.23. The minimum absolute atomic E-state index is 0.207. The van der Waals surface area contributed by atoms with E-state index in [9.17, 15) is 18.0 Å². The third kappa shape index (κ3) is 2.74. The van der Waals surface area contributed by atoms with Crippen LogP contribution >= 0.6 is 11.6 Å². The van der Waals surface area contributed by atoms with Crippen LogP contribution in [0, 0.1) is 11.3 Å². The van der Waals surface area contributed by atoms with E-state index < -0.39 is 23.4 Å². The Balaban J connectivity index is 3.34. The second-order valence-electron chi connectivity index (χ2n) is 2.97. The number of hydrogen-bond donors (Lipinski definition) is 0. The molecule has 0 unspecified atom stereocenters. The maximum atomic E-state index is 12.4. The smallest absolute Gasteiger partial charge is 0.293 e. The molecule has 1 aromatic carbocycles. The van der Waals surface area contributed by atoms with Gasteiger partial charge in [-0.05, 0) is 18.2 Å². The maximum absolute atomic E-state index is 12.4. The number of Topliss-reactive ketones (excluding diaryl/α,β-unsaturated/α-hetero) is 1. The highest BCUT2D eigenvalue weighted by Crippen LogP contribution is 2.30. The Morgan fingerprint density at radius 3 is 2.44 bits per heavy atom. The molecule has 0 fully saturated rings.